The van der Waals surface area contributed by atoms with Gasteiger partial charge in [0, 0.05) is 24.2 Å². The summed E-state index contributed by atoms with van der Waals surface area (Å²) >= 11 is 6.30. The summed E-state index contributed by atoms with van der Waals surface area (Å²) in [5, 5.41) is 3.24. The molecule has 4 rings (SSSR count). The minimum Gasteiger partial charge on any atom is -0.489 e. The van der Waals surface area contributed by atoms with Gasteiger partial charge < -0.3 is 14.8 Å². The Bertz CT molecular complexity index is 1230. The van der Waals surface area contributed by atoms with E-state index in [2.05, 4.69) is 10.0 Å². The molecule has 1 aliphatic rings. The molecule has 0 aliphatic carbocycles. The summed E-state index contributed by atoms with van der Waals surface area (Å²) in [4.78, 5) is 12.8. The topological polar surface area (TPSA) is 93.7 Å². The normalized spacial score (nSPS) is 13.2. The average molecular weight is 473 g/mol. The van der Waals surface area contributed by atoms with Gasteiger partial charge in [-0.2, -0.15) is 0 Å². The highest BCUT2D eigenvalue weighted by atomic mass is 35.5. The average Bonchev–Trinajstić information content (AvgIpc) is 3.04. The van der Waals surface area contributed by atoms with Crippen molar-refractivity contribution < 1.29 is 22.7 Å². The van der Waals surface area contributed by atoms with Gasteiger partial charge in [-0.1, -0.05) is 35.9 Å². The van der Waals surface area contributed by atoms with Crippen molar-refractivity contribution in [3.8, 4) is 11.5 Å². The van der Waals surface area contributed by atoms with Crippen LogP contribution in [0, 0.1) is 0 Å². The van der Waals surface area contributed by atoms with Crippen LogP contribution in [0.5, 0.6) is 11.5 Å². The molecule has 9 heteroatoms. The number of ether oxygens (including phenoxy) is 2. The molecule has 3 aromatic rings. The Kier molecular flexibility index (Phi) is 6.53. The zero-order chi connectivity index (χ0) is 22.6. The molecule has 0 bridgehead atoms. The molecule has 0 spiro atoms. The Morgan fingerprint density at radius 2 is 1.75 bits per heavy atom. The van der Waals surface area contributed by atoms with Crippen LogP contribution in [0.1, 0.15) is 22.3 Å². The fraction of sp³-hybridized carbons (Fsp3) is 0.174. The quantitative estimate of drug-likeness (QED) is 0.560. The third kappa shape index (κ3) is 5.15. The number of nitrogens with one attached hydrogen (secondary N) is 2. The smallest absolute Gasteiger partial charge is 0.261 e. The highest BCUT2D eigenvalue weighted by Crippen LogP contribution is 2.38. The van der Waals surface area contributed by atoms with Gasteiger partial charge in [0.05, 0.1) is 23.1 Å². The lowest BCUT2D eigenvalue weighted by atomic mass is 10.1. The number of amides is 1. The molecule has 3 aromatic carbocycles. The number of anilines is 1. The summed E-state index contributed by atoms with van der Waals surface area (Å²) in [6.45, 7) is 1.28. The Morgan fingerprint density at radius 3 is 2.56 bits per heavy atom. The second-order valence-electron chi connectivity index (χ2n) is 7.14. The fourth-order valence-corrected chi connectivity index (χ4v) is 4.57. The van der Waals surface area contributed by atoms with Gasteiger partial charge in [-0.15, -0.1) is 0 Å². The third-order valence-corrected chi connectivity index (χ3v) is 6.42. The van der Waals surface area contributed by atoms with Crippen LogP contribution < -0.4 is 19.5 Å². The highest BCUT2D eigenvalue weighted by molar-refractivity contribution is 7.92. The van der Waals surface area contributed by atoms with Gasteiger partial charge in [0.15, 0.2) is 11.5 Å². The molecule has 2 N–H and O–H groups in total. The van der Waals surface area contributed by atoms with Crippen molar-refractivity contribution in [1.82, 2.24) is 5.32 Å². The van der Waals surface area contributed by atoms with Crippen LogP contribution in [-0.2, 0) is 16.6 Å². The number of hydrogen-bond donors (Lipinski definition) is 2. The summed E-state index contributed by atoms with van der Waals surface area (Å²) in [7, 11) is -3.75. The molecule has 0 radical (unpaired) electrons. The SMILES string of the molecule is O=C(NCc1cc(Cl)c2c(c1)OCCCO2)c1cccc(NS(=O)(=O)c2ccccc2)c1. The van der Waals surface area contributed by atoms with Crippen molar-refractivity contribution in [2.24, 2.45) is 0 Å². The molecule has 32 heavy (non-hydrogen) atoms. The number of fused-ring (bicyclic) bond motifs is 1. The largest absolute Gasteiger partial charge is 0.489 e. The monoisotopic (exact) mass is 472 g/mol. The Morgan fingerprint density at radius 1 is 0.969 bits per heavy atom. The number of halogens is 1. The molecule has 1 aliphatic heterocycles. The van der Waals surface area contributed by atoms with E-state index in [0.717, 1.165) is 12.0 Å². The molecule has 0 atom stereocenters. The summed E-state index contributed by atoms with van der Waals surface area (Å²) < 4.78 is 38.8. The van der Waals surface area contributed by atoms with Gasteiger partial charge in [-0.05, 0) is 48.0 Å². The minimum atomic E-state index is -3.75. The first-order valence-electron chi connectivity index (χ1n) is 9.96. The molecule has 7 nitrogen and oxygen atoms in total. The van der Waals surface area contributed by atoms with E-state index >= 15 is 0 Å². The predicted octanol–water partition coefficient (Wildman–Crippen LogP) is 4.23. The van der Waals surface area contributed by atoms with Crippen LogP contribution in [0.25, 0.3) is 0 Å². The van der Waals surface area contributed by atoms with Crippen LogP contribution >= 0.6 is 11.6 Å². The Balaban J connectivity index is 1.45. The van der Waals surface area contributed by atoms with Crippen LogP contribution in [0.15, 0.2) is 71.6 Å². The van der Waals surface area contributed by atoms with Crippen LogP contribution in [0.2, 0.25) is 5.02 Å². The lowest BCUT2D eigenvalue weighted by molar-refractivity contribution is 0.0951. The van der Waals surface area contributed by atoms with E-state index in [9.17, 15) is 13.2 Å². The Hall–Kier alpha value is -3.23. The third-order valence-electron chi connectivity index (χ3n) is 4.75. The van der Waals surface area contributed by atoms with Gasteiger partial charge in [0.25, 0.3) is 15.9 Å². The fourth-order valence-electron chi connectivity index (χ4n) is 3.21. The first-order chi connectivity index (χ1) is 15.4. The number of sulfonamides is 1. The zero-order valence-electron chi connectivity index (χ0n) is 17.0. The van der Waals surface area contributed by atoms with Crippen molar-refractivity contribution >= 4 is 33.2 Å². The van der Waals surface area contributed by atoms with E-state index in [1.54, 1.807) is 48.5 Å². The van der Waals surface area contributed by atoms with E-state index in [4.69, 9.17) is 21.1 Å². The number of benzene rings is 3. The number of rotatable bonds is 6. The molecule has 0 saturated heterocycles. The van der Waals surface area contributed by atoms with E-state index in [1.807, 2.05) is 0 Å². The van der Waals surface area contributed by atoms with Crippen LogP contribution in [0.3, 0.4) is 0 Å². The second kappa shape index (κ2) is 9.50. The van der Waals surface area contributed by atoms with Crippen LogP contribution in [0.4, 0.5) is 5.69 Å². The molecule has 166 valence electrons. The van der Waals surface area contributed by atoms with Crippen molar-refractivity contribution in [2.75, 3.05) is 17.9 Å². The molecule has 0 unspecified atom stereocenters. The van der Waals surface area contributed by atoms with Gasteiger partial charge in [-0.3, -0.25) is 9.52 Å². The summed E-state index contributed by atoms with van der Waals surface area (Å²) in [5.74, 6) is 0.711. The van der Waals surface area contributed by atoms with Crippen LogP contribution in [-0.4, -0.2) is 27.5 Å². The highest BCUT2D eigenvalue weighted by Gasteiger charge is 2.17. The second-order valence-corrected chi connectivity index (χ2v) is 9.23. The Labute approximate surface area is 191 Å². The van der Waals surface area contributed by atoms with Crippen molar-refractivity contribution in [1.29, 1.82) is 0 Å². The van der Waals surface area contributed by atoms with Gasteiger partial charge >= 0.3 is 0 Å². The number of hydrogen-bond acceptors (Lipinski definition) is 5. The van der Waals surface area contributed by atoms with E-state index < -0.39 is 10.0 Å². The van der Waals surface area contributed by atoms with Gasteiger partial charge in [0.2, 0.25) is 0 Å². The molecule has 1 amide bonds. The summed E-state index contributed by atoms with van der Waals surface area (Å²) in [5.41, 5.74) is 1.37. The standard InChI is InChI=1S/C23H21ClN2O5S/c24-20-12-16(13-21-22(20)31-11-5-10-30-21)15-25-23(27)17-6-4-7-18(14-17)26-32(28,29)19-8-2-1-3-9-19/h1-4,6-9,12-14,26H,5,10-11,15H2,(H,25,27). The molecular weight excluding hydrogens is 452 g/mol. The molecule has 1 heterocycles. The molecule has 0 saturated carbocycles. The zero-order valence-corrected chi connectivity index (χ0v) is 18.6. The maximum absolute atomic E-state index is 12.7. The molecule has 0 fully saturated rings. The van der Waals surface area contributed by atoms with Crippen molar-refractivity contribution in [2.45, 2.75) is 17.9 Å². The summed E-state index contributed by atoms with van der Waals surface area (Å²) in [6.07, 6.45) is 0.765. The maximum atomic E-state index is 12.7. The lowest BCUT2D eigenvalue weighted by Crippen LogP contribution is -2.23. The van der Waals surface area contributed by atoms with Gasteiger partial charge in [-0.25, -0.2) is 8.42 Å². The number of carbonyl (C=O) groups is 1. The first-order valence-corrected chi connectivity index (χ1v) is 11.8. The first kappa shape index (κ1) is 22.0. The lowest BCUT2D eigenvalue weighted by Gasteiger charge is -2.13. The summed E-state index contributed by atoms with van der Waals surface area (Å²) in [6, 6.07) is 17.8. The maximum Gasteiger partial charge on any atom is 0.261 e. The van der Waals surface area contributed by atoms with E-state index in [-0.39, 0.29) is 17.3 Å². The van der Waals surface area contributed by atoms with E-state index in [1.165, 1.54) is 18.2 Å². The number of carbonyl (C=O) groups excluding carboxylic acids is 1. The minimum absolute atomic E-state index is 0.140. The van der Waals surface area contributed by atoms with Gasteiger partial charge in [0.1, 0.15) is 0 Å². The van der Waals surface area contributed by atoms with E-state index in [0.29, 0.717) is 41.0 Å². The predicted molar refractivity (Wildman–Crippen MR) is 122 cm³/mol. The van der Waals surface area contributed by atoms with Crippen molar-refractivity contribution in [3.63, 3.8) is 0 Å². The molecule has 0 aromatic heterocycles. The molecular formula is C23H21ClN2O5S. The van der Waals surface area contributed by atoms with Crippen molar-refractivity contribution in [3.05, 3.63) is 82.9 Å².